The zero-order valence-corrected chi connectivity index (χ0v) is 9.34. The molecule has 1 saturated heterocycles. The molecule has 0 aliphatic carbocycles. The monoisotopic (exact) mass is 213 g/mol. The van der Waals surface area contributed by atoms with Crippen molar-refractivity contribution >= 4 is 16.5 Å². The summed E-state index contributed by atoms with van der Waals surface area (Å²) in [5.74, 6) is 0.361. The lowest BCUT2D eigenvalue weighted by Gasteiger charge is -2.32. The highest BCUT2D eigenvalue weighted by Gasteiger charge is 2.20. The minimum atomic E-state index is 0.361. The van der Waals surface area contributed by atoms with Crippen molar-refractivity contribution in [3.63, 3.8) is 0 Å². The van der Waals surface area contributed by atoms with Gasteiger partial charge in [-0.15, -0.1) is 0 Å². The van der Waals surface area contributed by atoms with E-state index >= 15 is 0 Å². The van der Waals surface area contributed by atoms with E-state index in [9.17, 15) is 5.11 Å². The molecule has 1 aromatic rings. The van der Waals surface area contributed by atoms with E-state index < -0.39 is 0 Å². The number of aromatic nitrogens is 1. The van der Waals surface area contributed by atoms with E-state index in [4.69, 9.17) is 0 Å². The van der Waals surface area contributed by atoms with Crippen molar-refractivity contribution in [2.45, 2.75) is 6.92 Å². The lowest BCUT2D eigenvalue weighted by Crippen LogP contribution is -2.44. The number of piperazine rings is 1. The van der Waals surface area contributed by atoms with E-state index in [-0.39, 0.29) is 0 Å². The Morgan fingerprint density at radius 1 is 1.29 bits per heavy atom. The van der Waals surface area contributed by atoms with Gasteiger partial charge < -0.3 is 14.9 Å². The van der Waals surface area contributed by atoms with Gasteiger partial charge in [-0.3, -0.25) is 0 Å². The van der Waals surface area contributed by atoms with Crippen LogP contribution in [0.25, 0.3) is 0 Å². The second-order valence-electron chi connectivity index (χ2n) is 3.71. The average Bonchev–Trinajstić information content (AvgIpc) is 2.50. The summed E-state index contributed by atoms with van der Waals surface area (Å²) in [7, 11) is 2.12. The molecule has 1 N–H and O–H groups in total. The second kappa shape index (κ2) is 3.74. The first kappa shape index (κ1) is 9.73. The van der Waals surface area contributed by atoms with Gasteiger partial charge in [-0.2, -0.15) is 4.37 Å². The maximum atomic E-state index is 9.75. The van der Waals surface area contributed by atoms with Crippen LogP contribution < -0.4 is 4.90 Å². The van der Waals surface area contributed by atoms with Crippen LogP contribution in [0.1, 0.15) is 5.69 Å². The van der Waals surface area contributed by atoms with Crippen LogP contribution in [-0.2, 0) is 0 Å². The Kier molecular flexibility index (Phi) is 2.60. The molecule has 0 bridgehead atoms. The first-order valence-corrected chi connectivity index (χ1v) is 5.54. The predicted octanol–water partition coefficient (Wildman–Crippen LogP) is 0.909. The Morgan fingerprint density at radius 3 is 2.43 bits per heavy atom. The molecular weight excluding hydrogens is 198 g/mol. The van der Waals surface area contributed by atoms with Gasteiger partial charge in [-0.1, -0.05) is 0 Å². The smallest absolute Gasteiger partial charge is 0.173 e. The number of aromatic hydroxyl groups is 1. The van der Waals surface area contributed by atoms with Crippen LogP contribution in [0.3, 0.4) is 0 Å². The van der Waals surface area contributed by atoms with Crippen LogP contribution in [0.4, 0.5) is 5.00 Å². The van der Waals surface area contributed by atoms with Crippen molar-refractivity contribution in [3.8, 4) is 5.75 Å². The van der Waals surface area contributed by atoms with Crippen LogP contribution >= 0.6 is 11.5 Å². The quantitative estimate of drug-likeness (QED) is 0.752. The van der Waals surface area contributed by atoms with E-state index in [2.05, 4.69) is 21.2 Å². The maximum Gasteiger partial charge on any atom is 0.173 e. The summed E-state index contributed by atoms with van der Waals surface area (Å²) in [5.41, 5.74) is 0.740. The topological polar surface area (TPSA) is 39.6 Å². The Balaban J connectivity index is 2.12. The van der Waals surface area contributed by atoms with Crippen molar-refractivity contribution in [2.75, 3.05) is 38.1 Å². The molecule has 5 heteroatoms. The zero-order chi connectivity index (χ0) is 10.1. The summed E-state index contributed by atoms with van der Waals surface area (Å²) in [4.78, 5) is 4.50. The van der Waals surface area contributed by atoms with Crippen LogP contribution in [0.15, 0.2) is 0 Å². The maximum absolute atomic E-state index is 9.75. The molecule has 14 heavy (non-hydrogen) atoms. The fraction of sp³-hybridized carbons (Fsp3) is 0.667. The molecule has 1 fully saturated rings. The highest BCUT2D eigenvalue weighted by atomic mass is 32.1. The van der Waals surface area contributed by atoms with Crippen LogP contribution in [0.2, 0.25) is 0 Å². The molecule has 0 unspecified atom stereocenters. The third-order valence-electron chi connectivity index (χ3n) is 2.60. The summed E-state index contributed by atoms with van der Waals surface area (Å²) in [6.45, 7) is 5.90. The number of nitrogens with zero attached hydrogens (tertiary/aromatic N) is 3. The third kappa shape index (κ3) is 1.69. The number of hydrogen-bond acceptors (Lipinski definition) is 5. The molecule has 78 valence electrons. The van der Waals surface area contributed by atoms with Gasteiger partial charge in [-0.05, 0) is 25.5 Å². The molecule has 1 aliphatic rings. The molecule has 0 atom stereocenters. The van der Waals surface area contributed by atoms with Gasteiger partial charge in [-0.25, -0.2) is 0 Å². The van der Waals surface area contributed by atoms with E-state index in [1.807, 2.05) is 6.92 Å². The fourth-order valence-electron chi connectivity index (χ4n) is 1.57. The van der Waals surface area contributed by atoms with Crippen LogP contribution in [0, 0.1) is 6.92 Å². The minimum Gasteiger partial charge on any atom is -0.503 e. The zero-order valence-electron chi connectivity index (χ0n) is 8.53. The summed E-state index contributed by atoms with van der Waals surface area (Å²) in [5, 5.41) is 10.7. The minimum absolute atomic E-state index is 0.361. The van der Waals surface area contributed by atoms with Gasteiger partial charge in [0.05, 0.1) is 5.69 Å². The second-order valence-corrected chi connectivity index (χ2v) is 4.46. The highest BCUT2D eigenvalue weighted by Crippen LogP contribution is 2.34. The normalized spacial score (nSPS) is 18.9. The van der Waals surface area contributed by atoms with Gasteiger partial charge in [0.2, 0.25) is 0 Å². The number of likely N-dealkylation sites (N-methyl/N-ethyl adjacent to an activating group) is 1. The SMILES string of the molecule is Cc1nsc(N2CCN(C)CC2)c1O. The van der Waals surface area contributed by atoms with Crippen molar-refractivity contribution < 1.29 is 5.11 Å². The van der Waals surface area contributed by atoms with Gasteiger partial charge in [0, 0.05) is 26.2 Å². The molecule has 0 radical (unpaired) electrons. The number of hydrogen-bond donors (Lipinski definition) is 1. The van der Waals surface area contributed by atoms with Crippen molar-refractivity contribution in [2.24, 2.45) is 0 Å². The Bertz CT molecular complexity index is 318. The first-order valence-electron chi connectivity index (χ1n) is 4.77. The molecular formula is C9H15N3OS. The molecule has 0 spiro atoms. The number of anilines is 1. The van der Waals surface area contributed by atoms with Crippen LogP contribution in [0.5, 0.6) is 5.75 Å². The standard InChI is InChI=1S/C9H15N3OS/c1-7-8(13)9(14-10-7)12-5-3-11(2)4-6-12/h13H,3-6H2,1-2H3. The van der Waals surface area contributed by atoms with E-state index in [1.165, 1.54) is 11.5 Å². The van der Waals surface area contributed by atoms with Gasteiger partial charge in [0.1, 0.15) is 0 Å². The lowest BCUT2D eigenvalue weighted by atomic mass is 10.3. The largest absolute Gasteiger partial charge is 0.503 e. The summed E-state index contributed by atoms with van der Waals surface area (Å²) >= 11 is 1.39. The number of rotatable bonds is 1. The summed E-state index contributed by atoms with van der Waals surface area (Å²) in [6.07, 6.45) is 0. The average molecular weight is 213 g/mol. The molecule has 2 heterocycles. The highest BCUT2D eigenvalue weighted by molar-refractivity contribution is 7.10. The van der Waals surface area contributed by atoms with Crippen molar-refractivity contribution in [3.05, 3.63) is 5.69 Å². The van der Waals surface area contributed by atoms with Crippen LogP contribution in [-0.4, -0.2) is 47.6 Å². The number of aryl methyl sites for hydroxylation is 1. The van der Waals surface area contributed by atoms with Crippen molar-refractivity contribution in [1.82, 2.24) is 9.27 Å². The van der Waals surface area contributed by atoms with Gasteiger partial charge >= 0.3 is 0 Å². The molecule has 0 aromatic carbocycles. The predicted molar refractivity (Wildman–Crippen MR) is 58.2 cm³/mol. The Hall–Kier alpha value is -0.810. The molecule has 1 aromatic heterocycles. The summed E-state index contributed by atoms with van der Waals surface area (Å²) in [6, 6.07) is 0. The van der Waals surface area contributed by atoms with Gasteiger partial charge in [0.15, 0.2) is 10.8 Å². The Labute approximate surface area is 87.9 Å². The third-order valence-corrected chi connectivity index (χ3v) is 3.59. The van der Waals surface area contributed by atoms with E-state index in [1.54, 1.807) is 0 Å². The van der Waals surface area contributed by atoms with Gasteiger partial charge in [0.25, 0.3) is 0 Å². The summed E-state index contributed by atoms with van der Waals surface area (Å²) < 4.78 is 4.15. The molecule has 2 rings (SSSR count). The molecule has 0 saturated carbocycles. The van der Waals surface area contributed by atoms with E-state index in [0.717, 1.165) is 36.9 Å². The molecule has 1 aliphatic heterocycles. The Morgan fingerprint density at radius 2 is 1.93 bits per heavy atom. The molecule has 4 nitrogen and oxygen atoms in total. The fourth-order valence-corrected chi connectivity index (χ4v) is 2.41. The van der Waals surface area contributed by atoms with E-state index in [0.29, 0.717) is 5.75 Å². The molecule has 0 amide bonds. The lowest BCUT2D eigenvalue weighted by molar-refractivity contribution is 0.312. The van der Waals surface area contributed by atoms with Crippen molar-refractivity contribution in [1.29, 1.82) is 0 Å². The first-order chi connectivity index (χ1) is 6.68.